The van der Waals surface area contributed by atoms with Gasteiger partial charge in [-0.3, -0.25) is 19.4 Å². The number of imide groups is 1. The second-order valence-electron chi connectivity index (χ2n) is 12.5. The van der Waals surface area contributed by atoms with Crippen LogP contribution in [0, 0.1) is 5.92 Å². The molecule has 1 atom stereocenters. The van der Waals surface area contributed by atoms with E-state index in [0.717, 1.165) is 70.4 Å². The highest BCUT2D eigenvalue weighted by Gasteiger charge is 2.50. The SMILES string of the molecule is O=C1CCC(CCN2CC(N3CCN(S(=O)(=O)N4CCCCC4)CC3)C2)(c2ccc(Cl)c(Cl)c2)C(=O)N1CC1CC1. The van der Waals surface area contributed by atoms with Crippen LogP contribution in [-0.2, 0) is 25.2 Å². The number of piperidine rings is 2. The van der Waals surface area contributed by atoms with Crippen molar-refractivity contribution in [2.45, 2.75) is 62.8 Å². The molecule has 41 heavy (non-hydrogen) atoms. The van der Waals surface area contributed by atoms with E-state index in [2.05, 4.69) is 9.80 Å². The predicted molar refractivity (Wildman–Crippen MR) is 159 cm³/mol. The molecule has 0 spiro atoms. The van der Waals surface area contributed by atoms with E-state index in [4.69, 9.17) is 23.2 Å². The highest BCUT2D eigenvalue weighted by Crippen LogP contribution is 2.43. The Morgan fingerprint density at radius 3 is 2.22 bits per heavy atom. The summed E-state index contributed by atoms with van der Waals surface area (Å²) in [6.45, 7) is 6.90. The maximum absolute atomic E-state index is 14.0. The van der Waals surface area contributed by atoms with Crippen molar-refractivity contribution in [3.63, 3.8) is 0 Å². The molecule has 1 aromatic carbocycles. The van der Waals surface area contributed by atoms with Gasteiger partial charge in [0.2, 0.25) is 11.8 Å². The molecule has 0 N–H and O–H groups in total. The van der Waals surface area contributed by atoms with E-state index in [-0.39, 0.29) is 11.8 Å². The number of hydrogen-bond acceptors (Lipinski definition) is 6. The van der Waals surface area contributed by atoms with Crippen molar-refractivity contribution in [2.24, 2.45) is 5.92 Å². The van der Waals surface area contributed by atoms with Crippen LogP contribution in [0.3, 0.4) is 0 Å². The van der Waals surface area contributed by atoms with Crippen LogP contribution in [0.15, 0.2) is 18.2 Å². The summed E-state index contributed by atoms with van der Waals surface area (Å²) >= 11 is 12.6. The number of likely N-dealkylation sites (tertiary alicyclic amines) is 2. The molecule has 5 fully saturated rings. The first kappa shape index (κ1) is 29.8. The second kappa shape index (κ2) is 12.0. The minimum Gasteiger partial charge on any atom is -0.300 e. The van der Waals surface area contributed by atoms with Gasteiger partial charge in [-0.25, -0.2) is 0 Å². The van der Waals surface area contributed by atoms with Gasteiger partial charge in [0.05, 0.1) is 15.5 Å². The third kappa shape index (κ3) is 6.08. The fourth-order valence-corrected chi connectivity index (χ4v) is 8.95. The van der Waals surface area contributed by atoms with E-state index in [9.17, 15) is 18.0 Å². The van der Waals surface area contributed by atoms with Gasteiger partial charge in [-0.2, -0.15) is 17.0 Å². The third-order valence-corrected chi connectivity index (χ3v) is 12.7. The summed E-state index contributed by atoms with van der Waals surface area (Å²) in [5, 5.41) is 0.876. The van der Waals surface area contributed by atoms with Crippen LogP contribution < -0.4 is 0 Å². The molecule has 1 unspecified atom stereocenters. The molecule has 4 saturated heterocycles. The molecule has 1 saturated carbocycles. The Hall–Kier alpha value is -1.27. The molecule has 9 nitrogen and oxygen atoms in total. The van der Waals surface area contributed by atoms with Crippen molar-refractivity contribution in [3.8, 4) is 0 Å². The Bertz CT molecular complexity index is 1260. The lowest BCUT2D eigenvalue weighted by Crippen LogP contribution is -2.64. The Labute approximate surface area is 253 Å². The van der Waals surface area contributed by atoms with Crippen LogP contribution in [0.25, 0.3) is 0 Å². The van der Waals surface area contributed by atoms with Crippen molar-refractivity contribution in [1.29, 1.82) is 0 Å². The van der Waals surface area contributed by atoms with Gasteiger partial charge >= 0.3 is 0 Å². The zero-order valence-corrected chi connectivity index (χ0v) is 26.0. The molecular formula is C29H41Cl2N5O4S. The number of piperazine rings is 1. The van der Waals surface area contributed by atoms with Crippen molar-refractivity contribution >= 4 is 45.2 Å². The molecule has 4 aliphatic heterocycles. The number of hydrogen-bond donors (Lipinski definition) is 0. The standard InChI is InChI=1S/C29H41Cl2N5O4S/c30-25-7-6-23(18-26(25)31)29(9-8-27(37)36(28(29)38)19-22-4-5-22)10-13-32-20-24(21-32)33-14-16-35(17-15-33)41(39,40)34-11-2-1-3-12-34/h6-7,18,22,24H,1-5,8-17,19-21H2. The van der Waals surface area contributed by atoms with Gasteiger partial charge in [0, 0.05) is 71.4 Å². The molecule has 1 aliphatic carbocycles. The van der Waals surface area contributed by atoms with Crippen molar-refractivity contribution in [2.75, 3.05) is 65.4 Å². The maximum Gasteiger partial charge on any atom is 0.282 e. The largest absolute Gasteiger partial charge is 0.300 e. The molecule has 4 heterocycles. The first-order valence-electron chi connectivity index (χ1n) is 15.2. The number of rotatable bonds is 9. The van der Waals surface area contributed by atoms with Gasteiger partial charge in [-0.05, 0) is 68.7 Å². The van der Waals surface area contributed by atoms with Crippen molar-refractivity contribution < 1.29 is 18.0 Å². The number of halogens is 2. The Morgan fingerprint density at radius 2 is 1.56 bits per heavy atom. The molecule has 1 aromatic rings. The van der Waals surface area contributed by atoms with E-state index in [0.29, 0.717) is 74.0 Å². The minimum absolute atomic E-state index is 0.0666. The quantitative estimate of drug-likeness (QED) is 0.392. The average molecular weight is 627 g/mol. The number of carbonyl (C=O) groups is 2. The zero-order chi connectivity index (χ0) is 28.8. The summed E-state index contributed by atoms with van der Waals surface area (Å²) < 4.78 is 29.5. The van der Waals surface area contributed by atoms with Crippen molar-refractivity contribution in [1.82, 2.24) is 23.3 Å². The van der Waals surface area contributed by atoms with E-state index < -0.39 is 15.6 Å². The first-order valence-corrected chi connectivity index (χ1v) is 17.3. The molecule has 0 bridgehead atoms. The summed E-state index contributed by atoms with van der Waals surface area (Å²) in [7, 11) is -3.36. The van der Waals surface area contributed by atoms with Gasteiger partial charge in [0.1, 0.15) is 0 Å². The topological polar surface area (TPSA) is 84.5 Å². The average Bonchev–Trinajstić information content (AvgIpc) is 3.78. The Kier molecular flexibility index (Phi) is 8.73. The summed E-state index contributed by atoms with van der Waals surface area (Å²) in [6.07, 6.45) is 6.60. The highest BCUT2D eigenvalue weighted by atomic mass is 35.5. The van der Waals surface area contributed by atoms with E-state index in [1.807, 2.05) is 12.1 Å². The molecule has 2 amide bonds. The Morgan fingerprint density at radius 1 is 0.878 bits per heavy atom. The lowest BCUT2D eigenvalue weighted by atomic mass is 9.70. The summed E-state index contributed by atoms with van der Waals surface area (Å²) in [5.74, 6) is 0.268. The lowest BCUT2D eigenvalue weighted by molar-refractivity contribution is -0.154. The van der Waals surface area contributed by atoms with Gasteiger partial charge in [0.25, 0.3) is 10.2 Å². The number of nitrogens with zero attached hydrogens (tertiary/aromatic N) is 5. The van der Waals surface area contributed by atoms with Gasteiger partial charge < -0.3 is 4.90 Å². The smallest absolute Gasteiger partial charge is 0.282 e. The summed E-state index contributed by atoms with van der Waals surface area (Å²) in [6, 6.07) is 5.85. The maximum atomic E-state index is 14.0. The first-order chi connectivity index (χ1) is 19.7. The monoisotopic (exact) mass is 625 g/mol. The van der Waals surface area contributed by atoms with E-state index >= 15 is 0 Å². The fraction of sp³-hybridized carbons (Fsp3) is 0.724. The third-order valence-electron chi connectivity index (χ3n) is 9.88. The fourth-order valence-electron chi connectivity index (χ4n) is 6.98. The predicted octanol–water partition coefficient (Wildman–Crippen LogP) is 3.21. The summed E-state index contributed by atoms with van der Waals surface area (Å²) in [4.78, 5) is 33.1. The number of carbonyl (C=O) groups excluding carboxylic acids is 2. The van der Waals surface area contributed by atoms with Crippen LogP contribution in [0.2, 0.25) is 10.0 Å². The highest BCUT2D eigenvalue weighted by molar-refractivity contribution is 7.86. The number of amides is 2. The van der Waals surface area contributed by atoms with Crippen LogP contribution in [-0.4, -0.2) is 115 Å². The van der Waals surface area contributed by atoms with Gasteiger partial charge in [-0.15, -0.1) is 0 Å². The van der Waals surface area contributed by atoms with Gasteiger partial charge in [0.15, 0.2) is 0 Å². The minimum atomic E-state index is -3.36. The van der Waals surface area contributed by atoms with Gasteiger partial charge in [-0.1, -0.05) is 35.7 Å². The van der Waals surface area contributed by atoms with Crippen LogP contribution in [0.4, 0.5) is 0 Å². The van der Waals surface area contributed by atoms with Crippen LogP contribution >= 0.6 is 23.2 Å². The second-order valence-corrected chi connectivity index (χ2v) is 15.3. The van der Waals surface area contributed by atoms with E-state index in [1.54, 1.807) is 14.7 Å². The Balaban J connectivity index is 1.06. The van der Waals surface area contributed by atoms with Crippen LogP contribution in [0.1, 0.15) is 56.9 Å². The molecule has 226 valence electrons. The summed E-state index contributed by atoms with van der Waals surface area (Å²) in [5.41, 5.74) is 0.0459. The molecular weight excluding hydrogens is 585 g/mol. The molecule has 12 heteroatoms. The zero-order valence-electron chi connectivity index (χ0n) is 23.6. The molecule has 5 aliphatic rings. The normalized spacial score (nSPS) is 28.3. The van der Waals surface area contributed by atoms with Crippen molar-refractivity contribution in [3.05, 3.63) is 33.8 Å². The number of benzene rings is 1. The molecule has 0 radical (unpaired) electrons. The van der Waals surface area contributed by atoms with E-state index in [1.165, 1.54) is 4.90 Å². The molecule has 0 aromatic heterocycles. The molecule has 6 rings (SSSR count). The van der Waals surface area contributed by atoms with Crippen LogP contribution in [0.5, 0.6) is 0 Å². The lowest BCUT2D eigenvalue weighted by Gasteiger charge is -2.49.